The highest BCUT2D eigenvalue weighted by atomic mass is 16.4. The smallest absolute Gasteiger partial charge is 0.356 e. The summed E-state index contributed by atoms with van der Waals surface area (Å²) in [5, 5.41) is 9.41. The highest BCUT2D eigenvalue weighted by Gasteiger charge is 2.31. The van der Waals surface area contributed by atoms with Crippen molar-refractivity contribution < 1.29 is 9.90 Å². The summed E-state index contributed by atoms with van der Waals surface area (Å²) in [6.07, 6.45) is 4.11. The van der Waals surface area contributed by atoms with E-state index in [2.05, 4.69) is 28.3 Å². The number of rotatable bonds is 3. The topological polar surface area (TPSA) is 58.4 Å². The van der Waals surface area contributed by atoms with Crippen LogP contribution >= 0.6 is 0 Å². The summed E-state index contributed by atoms with van der Waals surface area (Å²) in [5.41, 5.74) is 1.25. The molecule has 0 amide bonds. The fraction of sp³-hybridized carbons (Fsp3) is 0.750. The van der Waals surface area contributed by atoms with Gasteiger partial charge in [-0.15, -0.1) is 0 Å². The minimum absolute atomic E-state index is 0.301. The van der Waals surface area contributed by atoms with Gasteiger partial charge >= 0.3 is 5.97 Å². The Morgan fingerprint density at radius 2 is 2.05 bits per heavy atom. The molecule has 2 aliphatic heterocycles. The maximum Gasteiger partial charge on any atom is 0.356 e. The zero-order valence-electron chi connectivity index (χ0n) is 13.0. The Labute approximate surface area is 126 Å². The largest absolute Gasteiger partial charge is 0.476 e. The zero-order valence-corrected chi connectivity index (χ0v) is 13.0. The molecule has 1 aromatic rings. The third-order valence-corrected chi connectivity index (χ3v) is 5.07. The first-order valence-electron chi connectivity index (χ1n) is 8.15. The third-order valence-electron chi connectivity index (χ3n) is 5.07. The maximum atomic E-state index is 11.5. The molecule has 116 valence electrons. The summed E-state index contributed by atoms with van der Waals surface area (Å²) in [6.45, 7) is 8.67. The van der Waals surface area contributed by atoms with Crippen molar-refractivity contribution in [1.29, 1.82) is 0 Å². The van der Waals surface area contributed by atoms with E-state index in [1.165, 1.54) is 0 Å². The average Bonchev–Trinajstić information content (AvgIpc) is 2.86. The number of carboxylic acid groups (broad SMARTS) is 1. The number of nitrogens with zero attached hydrogens (tertiary/aromatic N) is 3. The van der Waals surface area contributed by atoms with E-state index in [1.54, 1.807) is 0 Å². The van der Waals surface area contributed by atoms with Crippen LogP contribution < -0.4 is 0 Å². The molecule has 3 heterocycles. The molecule has 3 rings (SSSR count). The molecule has 21 heavy (non-hydrogen) atoms. The molecule has 1 fully saturated rings. The second-order valence-electron chi connectivity index (χ2n) is 6.53. The predicted octanol–water partition coefficient (Wildman–Crippen LogP) is 2.36. The van der Waals surface area contributed by atoms with E-state index in [9.17, 15) is 9.90 Å². The minimum Gasteiger partial charge on any atom is -0.476 e. The van der Waals surface area contributed by atoms with Crippen molar-refractivity contribution in [3.8, 4) is 0 Å². The first kappa shape index (κ1) is 14.6. The fourth-order valence-electron chi connectivity index (χ4n) is 3.74. The van der Waals surface area contributed by atoms with Crippen LogP contribution in [-0.2, 0) is 13.0 Å². The van der Waals surface area contributed by atoms with Crippen LogP contribution in [0.15, 0.2) is 0 Å². The van der Waals surface area contributed by atoms with E-state index < -0.39 is 5.97 Å². The quantitative estimate of drug-likeness (QED) is 0.929. The molecule has 1 saturated heterocycles. The SMILES string of the molecule is CCN1CCC(c2nc(C(=O)O)c3n2CC(C)CC3)CC1. The van der Waals surface area contributed by atoms with Crippen molar-refractivity contribution in [2.75, 3.05) is 19.6 Å². The van der Waals surface area contributed by atoms with Crippen molar-refractivity contribution in [2.45, 2.75) is 52.0 Å². The third kappa shape index (κ3) is 2.71. The second kappa shape index (κ2) is 5.79. The van der Waals surface area contributed by atoms with Crippen LogP contribution in [0.5, 0.6) is 0 Å². The Balaban J connectivity index is 1.90. The van der Waals surface area contributed by atoms with Gasteiger partial charge in [0, 0.05) is 12.5 Å². The first-order valence-corrected chi connectivity index (χ1v) is 8.15. The lowest BCUT2D eigenvalue weighted by Crippen LogP contribution is -2.34. The Kier molecular flexibility index (Phi) is 4.02. The molecule has 2 aliphatic rings. The molecular formula is C16H25N3O2. The predicted molar refractivity (Wildman–Crippen MR) is 80.8 cm³/mol. The molecule has 0 aromatic carbocycles. The number of carboxylic acids is 1. The minimum atomic E-state index is -0.870. The van der Waals surface area contributed by atoms with Crippen LogP contribution in [0.4, 0.5) is 0 Å². The first-order chi connectivity index (χ1) is 10.1. The highest BCUT2D eigenvalue weighted by molar-refractivity contribution is 5.87. The Morgan fingerprint density at radius 1 is 1.33 bits per heavy atom. The van der Waals surface area contributed by atoms with Gasteiger partial charge in [0.25, 0.3) is 0 Å². The van der Waals surface area contributed by atoms with Crippen LogP contribution in [-0.4, -0.2) is 45.2 Å². The standard InChI is InChI=1S/C16H25N3O2/c1-3-18-8-6-12(7-9-18)15-17-14(16(20)21)13-5-4-11(2)10-19(13)15/h11-12H,3-10H2,1-2H3,(H,20,21). The lowest BCUT2D eigenvalue weighted by atomic mass is 9.94. The number of aromatic nitrogens is 2. The number of fused-ring (bicyclic) bond motifs is 1. The van der Waals surface area contributed by atoms with Crippen molar-refractivity contribution in [3.63, 3.8) is 0 Å². The normalized spacial score (nSPS) is 24.0. The lowest BCUT2D eigenvalue weighted by Gasteiger charge is -2.32. The molecule has 1 aromatic heterocycles. The van der Waals surface area contributed by atoms with Gasteiger partial charge in [0.2, 0.25) is 0 Å². The van der Waals surface area contributed by atoms with Gasteiger partial charge in [-0.3, -0.25) is 0 Å². The number of hydrogen-bond acceptors (Lipinski definition) is 3. The van der Waals surface area contributed by atoms with E-state index in [0.29, 0.717) is 17.5 Å². The Bertz CT molecular complexity index is 530. The van der Waals surface area contributed by atoms with E-state index in [-0.39, 0.29) is 0 Å². The van der Waals surface area contributed by atoms with E-state index in [4.69, 9.17) is 0 Å². The number of imidazole rings is 1. The fourth-order valence-corrected chi connectivity index (χ4v) is 3.74. The molecule has 1 unspecified atom stereocenters. The Morgan fingerprint density at radius 3 is 2.67 bits per heavy atom. The van der Waals surface area contributed by atoms with Gasteiger partial charge in [-0.05, 0) is 51.2 Å². The van der Waals surface area contributed by atoms with Crippen molar-refractivity contribution in [2.24, 2.45) is 5.92 Å². The van der Waals surface area contributed by atoms with Gasteiger partial charge in [-0.25, -0.2) is 9.78 Å². The molecule has 1 N–H and O–H groups in total. The molecule has 5 nitrogen and oxygen atoms in total. The molecule has 0 saturated carbocycles. The van der Waals surface area contributed by atoms with E-state index in [1.807, 2.05) is 0 Å². The molecule has 1 atom stereocenters. The van der Waals surface area contributed by atoms with Crippen molar-refractivity contribution >= 4 is 5.97 Å². The van der Waals surface area contributed by atoms with Gasteiger partial charge in [0.15, 0.2) is 5.69 Å². The molecule has 5 heteroatoms. The van der Waals surface area contributed by atoms with Gasteiger partial charge < -0.3 is 14.6 Å². The molecule has 0 bridgehead atoms. The molecular weight excluding hydrogens is 266 g/mol. The average molecular weight is 291 g/mol. The van der Waals surface area contributed by atoms with Crippen LogP contribution in [0.25, 0.3) is 0 Å². The van der Waals surface area contributed by atoms with Gasteiger partial charge in [-0.2, -0.15) is 0 Å². The van der Waals surface area contributed by atoms with Crippen LogP contribution in [0.3, 0.4) is 0 Å². The van der Waals surface area contributed by atoms with E-state index in [0.717, 1.165) is 63.4 Å². The highest BCUT2D eigenvalue weighted by Crippen LogP contribution is 2.32. The summed E-state index contributed by atoms with van der Waals surface area (Å²) in [6, 6.07) is 0. The molecule has 0 spiro atoms. The lowest BCUT2D eigenvalue weighted by molar-refractivity contribution is 0.0689. The van der Waals surface area contributed by atoms with Crippen LogP contribution in [0.2, 0.25) is 0 Å². The van der Waals surface area contributed by atoms with Crippen LogP contribution in [0, 0.1) is 5.92 Å². The number of likely N-dealkylation sites (tertiary alicyclic amines) is 1. The number of carbonyl (C=O) groups is 1. The number of aromatic carboxylic acids is 1. The Hall–Kier alpha value is -1.36. The number of piperidine rings is 1. The molecule has 0 radical (unpaired) electrons. The second-order valence-corrected chi connectivity index (χ2v) is 6.53. The zero-order chi connectivity index (χ0) is 15.0. The van der Waals surface area contributed by atoms with E-state index >= 15 is 0 Å². The molecule has 0 aliphatic carbocycles. The summed E-state index contributed by atoms with van der Waals surface area (Å²) >= 11 is 0. The van der Waals surface area contributed by atoms with Crippen molar-refractivity contribution in [3.05, 3.63) is 17.2 Å². The summed E-state index contributed by atoms with van der Waals surface area (Å²) in [5.74, 6) is 1.20. The van der Waals surface area contributed by atoms with Gasteiger partial charge in [0.1, 0.15) is 5.82 Å². The van der Waals surface area contributed by atoms with Gasteiger partial charge in [-0.1, -0.05) is 13.8 Å². The van der Waals surface area contributed by atoms with Crippen molar-refractivity contribution in [1.82, 2.24) is 14.5 Å². The summed E-state index contributed by atoms with van der Waals surface area (Å²) in [7, 11) is 0. The van der Waals surface area contributed by atoms with Gasteiger partial charge in [0.05, 0.1) is 5.69 Å². The summed E-state index contributed by atoms with van der Waals surface area (Å²) < 4.78 is 2.23. The monoisotopic (exact) mass is 291 g/mol. The van der Waals surface area contributed by atoms with Crippen LogP contribution in [0.1, 0.15) is 61.0 Å². The summed E-state index contributed by atoms with van der Waals surface area (Å²) in [4.78, 5) is 18.5. The number of hydrogen-bond donors (Lipinski definition) is 1. The maximum absolute atomic E-state index is 11.5.